The summed E-state index contributed by atoms with van der Waals surface area (Å²) in [6, 6.07) is 9.32. The molecular weight excluding hydrogens is 324 g/mol. The first-order valence-corrected chi connectivity index (χ1v) is 9.14. The van der Waals surface area contributed by atoms with Crippen molar-refractivity contribution in [3.8, 4) is 0 Å². The fourth-order valence-corrected chi connectivity index (χ4v) is 3.03. The second-order valence-electron chi connectivity index (χ2n) is 6.52. The number of para-hydroxylation sites is 1. The third kappa shape index (κ3) is 4.93. The number of rotatable bonds is 6. The van der Waals surface area contributed by atoms with Gasteiger partial charge in [0.2, 0.25) is 0 Å². The van der Waals surface area contributed by atoms with Crippen molar-refractivity contribution in [2.24, 2.45) is 0 Å². The normalized spacial score (nSPS) is 14.4. The van der Waals surface area contributed by atoms with Crippen LogP contribution in [-0.4, -0.2) is 26.9 Å². The molecule has 0 saturated carbocycles. The van der Waals surface area contributed by atoms with E-state index in [9.17, 15) is 9.35 Å². The van der Waals surface area contributed by atoms with Crippen LogP contribution in [0.3, 0.4) is 0 Å². The van der Waals surface area contributed by atoms with Crippen LogP contribution >= 0.6 is 0 Å². The van der Waals surface area contributed by atoms with E-state index >= 15 is 0 Å². The molecule has 2 aromatic rings. The molecule has 1 N–H and O–H groups in total. The Morgan fingerprint density at radius 3 is 2.75 bits per heavy atom. The van der Waals surface area contributed by atoms with Gasteiger partial charge >= 0.3 is 5.97 Å². The van der Waals surface area contributed by atoms with Gasteiger partial charge in [-0.1, -0.05) is 18.2 Å². The molecule has 0 spiro atoms. The zero-order valence-electron chi connectivity index (χ0n) is 14.5. The minimum absolute atomic E-state index is 0.107. The number of hydrogen-bond donors (Lipinski definition) is 1. The number of esters is 1. The second-order valence-corrected chi connectivity index (χ2v) is 8.52. The van der Waals surface area contributed by atoms with E-state index in [4.69, 9.17) is 4.74 Å². The van der Waals surface area contributed by atoms with Gasteiger partial charge in [0.25, 0.3) is 0 Å². The summed E-state index contributed by atoms with van der Waals surface area (Å²) in [6.45, 7) is 7.75. The molecule has 0 bridgehead atoms. The van der Waals surface area contributed by atoms with Gasteiger partial charge in [-0.3, -0.25) is 9.78 Å². The van der Waals surface area contributed by atoms with E-state index in [1.807, 2.05) is 51.1 Å². The molecular formula is C18H24N2O3S. The molecule has 0 amide bonds. The van der Waals surface area contributed by atoms with Gasteiger partial charge in [0, 0.05) is 22.9 Å². The molecule has 0 aliphatic rings. The van der Waals surface area contributed by atoms with Crippen LogP contribution in [0.2, 0.25) is 0 Å². The number of carbonyl (C=O) groups excluding carboxylic acids is 1. The van der Waals surface area contributed by atoms with Crippen LogP contribution in [0.1, 0.15) is 45.7 Å². The molecule has 1 aromatic carbocycles. The molecule has 130 valence electrons. The lowest BCUT2D eigenvalue weighted by atomic mass is 10.0. The highest BCUT2D eigenvalue weighted by atomic mass is 32.2. The van der Waals surface area contributed by atoms with Gasteiger partial charge in [-0.05, 0) is 45.4 Å². The lowest BCUT2D eigenvalue weighted by Crippen LogP contribution is -2.42. The Kier molecular flexibility index (Phi) is 6.21. The van der Waals surface area contributed by atoms with E-state index in [1.165, 1.54) is 0 Å². The van der Waals surface area contributed by atoms with Crippen molar-refractivity contribution in [3.05, 3.63) is 42.1 Å². The first-order chi connectivity index (χ1) is 11.3. The number of nitrogens with zero attached hydrogens (tertiary/aromatic N) is 1. The minimum atomic E-state index is -1.31. The van der Waals surface area contributed by atoms with Crippen LogP contribution in [0.5, 0.6) is 0 Å². The molecule has 5 nitrogen and oxygen atoms in total. The van der Waals surface area contributed by atoms with Crippen molar-refractivity contribution in [2.75, 3.05) is 6.61 Å². The Labute approximate surface area is 146 Å². The largest absolute Gasteiger partial charge is 0.598 e. The Hall–Kier alpha value is -1.63. The highest BCUT2D eigenvalue weighted by molar-refractivity contribution is 7.90. The summed E-state index contributed by atoms with van der Waals surface area (Å²) in [4.78, 5) is 16.4. The van der Waals surface area contributed by atoms with Crippen molar-refractivity contribution in [1.82, 2.24) is 9.71 Å². The molecule has 0 fully saturated rings. The lowest BCUT2D eigenvalue weighted by molar-refractivity contribution is -0.143. The summed E-state index contributed by atoms with van der Waals surface area (Å²) in [5.74, 6) is -0.325. The predicted octanol–water partition coefficient (Wildman–Crippen LogP) is 3.28. The summed E-state index contributed by atoms with van der Waals surface area (Å²) in [5, 5.41) is 0.979. The van der Waals surface area contributed by atoms with Crippen LogP contribution in [-0.2, 0) is 20.9 Å². The summed E-state index contributed by atoms with van der Waals surface area (Å²) >= 11 is -1.31. The number of benzene rings is 1. The molecule has 1 heterocycles. The van der Waals surface area contributed by atoms with Gasteiger partial charge in [-0.2, -0.15) is 0 Å². The fraction of sp³-hybridized carbons (Fsp3) is 0.444. The summed E-state index contributed by atoms with van der Waals surface area (Å²) < 4.78 is 20.2. The number of ether oxygens (including phenoxy) is 1. The topological polar surface area (TPSA) is 74.3 Å². The Morgan fingerprint density at radius 1 is 1.38 bits per heavy atom. The van der Waals surface area contributed by atoms with E-state index in [1.54, 1.807) is 13.1 Å². The molecule has 0 saturated heterocycles. The van der Waals surface area contributed by atoms with E-state index < -0.39 is 22.2 Å². The third-order valence-corrected chi connectivity index (χ3v) is 5.11. The van der Waals surface area contributed by atoms with Crippen LogP contribution < -0.4 is 4.72 Å². The quantitative estimate of drug-likeness (QED) is 0.640. The van der Waals surface area contributed by atoms with Crippen LogP contribution in [0.25, 0.3) is 10.9 Å². The molecule has 1 unspecified atom stereocenters. The van der Waals surface area contributed by atoms with Crippen molar-refractivity contribution in [3.63, 3.8) is 0 Å². The Morgan fingerprint density at radius 2 is 2.08 bits per heavy atom. The zero-order chi connectivity index (χ0) is 17.7. The average molecular weight is 348 g/mol. The lowest BCUT2D eigenvalue weighted by Gasteiger charge is -2.27. The van der Waals surface area contributed by atoms with Crippen LogP contribution in [0.15, 0.2) is 36.5 Å². The van der Waals surface area contributed by atoms with E-state index in [0.717, 1.165) is 16.5 Å². The molecule has 1 aromatic heterocycles. The van der Waals surface area contributed by atoms with Crippen LogP contribution in [0.4, 0.5) is 0 Å². The SMILES string of the molecule is CCOC(=O)CC(N[S@@+]([O-])C(C)(C)C)c1cnc2ccccc2c1. The van der Waals surface area contributed by atoms with Crippen molar-refractivity contribution < 1.29 is 14.1 Å². The number of hydrogen-bond acceptors (Lipinski definition) is 5. The van der Waals surface area contributed by atoms with E-state index in [-0.39, 0.29) is 12.4 Å². The van der Waals surface area contributed by atoms with Crippen molar-refractivity contribution in [1.29, 1.82) is 0 Å². The van der Waals surface area contributed by atoms with Gasteiger partial charge < -0.3 is 9.29 Å². The van der Waals surface area contributed by atoms with Gasteiger partial charge in [0.1, 0.15) is 4.75 Å². The number of carbonyl (C=O) groups is 1. The first kappa shape index (κ1) is 18.7. The maximum atomic E-state index is 12.5. The number of fused-ring (bicyclic) bond motifs is 1. The minimum Gasteiger partial charge on any atom is -0.598 e. The molecule has 0 radical (unpaired) electrons. The average Bonchev–Trinajstić information content (AvgIpc) is 2.53. The first-order valence-electron chi connectivity index (χ1n) is 7.99. The summed E-state index contributed by atoms with van der Waals surface area (Å²) in [7, 11) is 0. The Balaban J connectivity index is 2.30. The zero-order valence-corrected chi connectivity index (χ0v) is 15.4. The molecule has 6 heteroatoms. The summed E-state index contributed by atoms with van der Waals surface area (Å²) in [6.07, 6.45) is 1.83. The molecule has 2 rings (SSSR count). The van der Waals surface area contributed by atoms with Gasteiger partial charge in [0.05, 0.1) is 24.6 Å². The van der Waals surface area contributed by atoms with Gasteiger partial charge in [-0.25, -0.2) is 0 Å². The predicted molar refractivity (Wildman–Crippen MR) is 96.8 cm³/mol. The highest BCUT2D eigenvalue weighted by Crippen LogP contribution is 2.25. The van der Waals surface area contributed by atoms with E-state index in [2.05, 4.69) is 9.71 Å². The monoisotopic (exact) mass is 348 g/mol. The molecule has 0 aliphatic carbocycles. The Bertz CT molecular complexity index is 700. The number of aromatic nitrogens is 1. The maximum Gasteiger partial charge on any atom is 0.307 e. The van der Waals surface area contributed by atoms with Gasteiger partial charge in [-0.15, -0.1) is 4.72 Å². The standard InChI is InChI=1S/C18H24N2O3S/c1-5-23-17(21)11-16(20-24(22)18(2,3)4)14-10-13-8-6-7-9-15(13)19-12-14/h6-10,12,16,20H,5,11H2,1-4H3/t16?,24-/m0/s1. The van der Waals surface area contributed by atoms with Crippen molar-refractivity contribution >= 4 is 28.2 Å². The van der Waals surface area contributed by atoms with E-state index in [0.29, 0.717) is 6.61 Å². The third-order valence-electron chi connectivity index (χ3n) is 3.50. The number of nitrogens with one attached hydrogen (secondary N) is 1. The van der Waals surface area contributed by atoms with Crippen LogP contribution in [0, 0.1) is 0 Å². The highest BCUT2D eigenvalue weighted by Gasteiger charge is 2.31. The fourth-order valence-electron chi connectivity index (χ4n) is 2.20. The smallest absolute Gasteiger partial charge is 0.307 e. The van der Waals surface area contributed by atoms with Crippen molar-refractivity contribution in [2.45, 2.75) is 44.9 Å². The number of pyridine rings is 1. The maximum absolute atomic E-state index is 12.5. The molecule has 0 aliphatic heterocycles. The summed E-state index contributed by atoms with van der Waals surface area (Å²) in [5.41, 5.74) is 1.70. The van der Waals surface area contributed by atoms with Gasteiger partial charge in [0.15, 0.2) is 0 Å². The molecule has 24 heavy (non-hydrogen) atoms. The molecule has 2 atom stereocenters. The second kappa shape index (κ2) is 7.96.